The molecule has 0 aromatic heterocycles. The molecule has 0 aromatic carbocycles. The highest BCUT2D eigenvalue weighted by Gasteiger charge is 2.18. The average Bonchev–Trinajstić information content (AvgIpc) is 3.09. The molecule has 2 atom stereocenters. The summed E-state index contributed by atoms with van der Waals surface area (Å²) in [6.07, 6.45) is 47.1. The van der Waals surface area contributed by atoms with Crippen LogP contribution in [-0.4, -0.2) is 29.7 Å². The third-order valence-corrected chi connectivity index (χ3v) is 9.92. The van der Waals surface area contributed by atoms with Crippen molar-refractivity contribution < 1.29 is 9.90 Å². The first-order chi connectivity index (χ1) is 23.7. The topological polar surface area (TPSA) is 98.1 Å². The summed E-state index contributed by atoms with van der Waals surface area (Å²) in [5.74, 6) is -0.0660. The monoisotopic (exact) mass is 675 g/mol. The van der Waals surface area contributed by atoms with Gasteiger partial charge in [-0.3, -0.25) is 4.79 Å². The molecule has 6 nitrogen and oxygen atoms in total. The molecule has 0 radical (unpaired) electrons. The van der Waals surface area contributed by atoms with Gasteiger partial charge < -0.3 is 10.4 Å². The summed E-state index contributed by atoms with van der Waals surface area (Å²) in [6, 6.07) is -0.572. The van der Waals surface area contributed by atoms with Crippen molar-refractivity contribution >= 4 is 5.91 Å². The molecule has 0 aliphatic carbocycles. The Balaban J connectivity index is 3.70. The highest BCUT2D eigenvalue weighted by Crippen LogP contribution is 2.16. The summed E-state index contributed by atoms with van der Waals surface area (Å²) in [7, 11) is 0. The molecular weight excluding hydrogens is 592 g/mol. The number of nitrogens with one attached hydrogen (secondary N) is 1. The Morgan fingerprint density at radius 2 is 0.917 bits per heavy atom. The van der Waals surface area contributed by atoms with Crippen LogP contribution in [0.4, 0.5) is 0 Å². The highest BCUT2D eigenvalue weighted by molar-refractivity contribution is 5.76. The van der Waals surface area contributed by atoms with E-state index in [1.54, 1.807) is 6.08 Å². The fraction of sp³-hybridized carbons (Fsp3) is 0.929. The molecule has 0 bridgehead atoms. The zero-order valence-electron chi connectivity index (χ0n) is 32.3. The van der Waals surface area contributed by atoms with Gasteiger partial charge in [-0.2, -0.15) is 0 Å². The standard InChI is InChI=1S/C42H82N4O2/c1-3-5-7-9-11-13-15-17-18-19-20-21-22-23-24-26-28-30-32-34-36-38-42(48)45-40(39-44-46-43)41(47)37-35-33-31-29-27-25-16-14-12-10-8-6-4-2/h35,37,40-41,47H,3-34,36,38-39H2,1-2H3,(H,45,48)/b37-35+/t40-,41+/m0/s1. The van der Waals surface area contributed by atoms with E-state index in [4.69, 9.17) is 5.53 Å². The minimum absolute atomic E-state index is 0.0610. The highest BCUT2D eigenvalue weighted by atomic mass is 16.3. The van der Waals surface area contributed by atoms with E-state index in [0.29, 0.717) is 6.42 Å². The molecule has 0 saturated heterocycles. The van der Waals surface area contributed by atoms with Crippen LogP contribution in [0.15, 0.2) is 17.3 Å². The normalized spacial score (nSPS) is 12.7. The summed E-state index contributed by atoms with van der Waals surface area (Å²) >= 11 is 0. The molecule has 0 fully saturated rings. The Kier molecular flexibility index (Phi) is 38.7. The van der Waals surface area contributed by atoms with Crippen LogP contribution in [0, 0.1) is 0 Å². The molecule has 1 amide bonds. The van der Waals surface area contributed by atoms with Crippen molar-refractivity contribution in [3.05, 3.63) is 22.6 Å². The van der Waals surface area contributed by atoms with E-state index in [1.807, 2.05) is 6.08 Å². The van der Waals surface area contributed by atoms with E-state index in [1.165, 1.54) is 186 Å². The number of hydrogen-bond donors (Lipinski definition) is 2. The molecule has 48 heavy (non-hydrogen) atoms. The van der Waals surface area contributed by atoms with Crippen LogP contribution in [-0.2, 0) is 4.79 Å². The van der Waals surface area contributed by atoms with E-state index >= 15 is 0 Å². The molecule has 0 unspecified atom stereocenters. The number of carbonyl (C=O) groups excluding carboxylic acids is 1. The second kappa shape index (κ2) is 39.9. The van der Waals surface area contributed by atoms with Crippen LogP contribution < -0.4 is 5.32 Å². The van der Waals surface area contributed by atoms with Crippen molar-refractivity contribution in [2.45, 2.75) is 244 Å². The van der Waals surface area contributed by atoms with Crippen LogP contribution in [0.25, 0.3) is 10.4 Å². The maximum absolute atomic E-state index is 12.5. The predicted molar refractivity (Wildman–Crippen MR) is 209 cm³/mol. The van der Waals surface area contributed by atoms with Gasteiger partial charge in [0.2, 0.25) is 5.91 Å². The summed E-state index contributed by atoms with van der Waals surface area (Å²) in [4.78, 5) is 15.4. The smallest absolute Gasteiger partial charge is 0.220 e. The summed E-state index contributed by atoms with van der Waals surface area (Å²) in [5.41, 5.74) is 8.76. The van der Waals surface area contributed by atoms with Crippen molar-refractivity contribution in [3.8, 4) is 0 Å². The molecule has 0 aromatic rings. The van der Waals surface area contributed by atoms with Crippen LogP contribution in [0.1, 0.15) is 232 Å². The molecule has 0 spiro atoms. The maximum Gasteiger partial charge on any atom is 0.220 e. The molecule has 2 N–H and O–H groups in total. The molecular formula is C42H82N4O2. The molecule has 0 saturated carbocycles. The molecule has 0 rings (SSSR count). The minimum atomic E-state index is -0.841. The Bertz CT molecular complexity index is 737. The van der Waals surface area contributed by atoms with Gasteiger partial charge in [0.15, 0.2) is 0 Å². The van der Waals surface area contributed by atoms with Crippen LogP contribution in [0.3, 0.4) is 0 Å². The van der Waals surface area contributed by atoms with Gasteiger partial charge in [-0.1, -0.05) is 224 Å². The van der Waals surface area contributed by atoms with Gasteiger partial charge in [0.1, 0.15) is 0 Å². The lowest BCUT2D eigenvalue weighted by molar-refractivity contribution is -0.122. The maximum atomic E-state index is 12.5. The molecule has 0 aliphatic rings. The lowest BCUT2D eigenvalue weighted by atomic mass is 10.0. The number of azide groups is 1. The summed E-state index contributed by atoms with van der Waals surface area (Å²) < 4.78 is 0. The van der Waals surface area contributed by atoms with Gasteiger partial charge in [0.25, 0.3) is 0 Å². The van der Waals surface area contributed by atoms with Crippen LogP contribution >= 0.6 is 0 Å². The van der Waals surface area contributed by atoms with Crippen molar-refractivity contribution in [1.82, 2.24) is 5.32 Å². The van der Waals surface area contributed by atoms with Gasteiger partial charge in [-0.25, -0.2) is 0 Å². The van der Waals surface area contributed by atoms with Gasteiger partial charge in [-0.05, 0) is 24.8 Å². The first kappa shape index (κ1) is 46.5. The Labute approximate surface area is 299 Å². The average molecular weight is 675 g/mol. The third kappa shape index (κ3) is 35.8. The molecule has 282 valence electrons. The van der Waals surface area contributed by atoms with Gasteiger partial charge in [0.05, 0.1) is 12.1 Å². The van der Waals surface area contributed by atoms with Crippen LogP contribution in [0.5, 0.6) is 0 Å². The fourth-order valence-corrected chi connectivity index (χ4v) is 6.66. The predicted octanol–water partition coefficient (Wildman–Crippen LogP) is 14.0. The Morgan fingerprint density at radius 1 is 0.583 bits per heavy atom. The number of aliphatic hydroxyl groups is 1. The number of nitrogens with zero attached hydrogens (tertiary/aromatic N) is 3. The lowest BCUT2D eigenvalue weighted by Gasteiger charge is -2.20. The van der Waals surface area contributed by atoms with Crippen molar-refractivity contribution in [1.29, 1.82) is 0 Å². The largest absolute Gasteiger partial charge is 0.387 e. The SMILES string of the molecule is CCCCCCCCCCCCC/C=C/[C@@H](O)[C@H](CN=[N+]=[N-])NC(=O)CCCCCCCCCCCCCCCCCCCCCCC. The quantitative estimate of drug-likeness (QED) is 0.0223. The zero-order valence-corrected chi connectivity index (χ0v) is 32.3. The second-order valence-electron chi connectivity index (χ2n) is 14.7. The molecule has 0 aliphatic heterocycles. The number of hydrogen-bond acceptors (Lipinski definition) is 3. The number of rotatable bonds is 39. The first-order valence-corrected chi connectivity index (χ1v) is 21.3. The summed E-state index contributed by atoms with van der Waals surface area (Å²) in [6.45, 7) is 4.61. The molecule has 6 heteroatoms. The third-order valence-electron chi connectivity index (χ3n) is 9.92. The van der Waals surface area contributed by atoms with Gasteiger partial charge in [0, 0.05) is 17.9 Å². The number of allylic oxidation sites excluding steroid dienone is 1. The fourth-order valence-electron chi connectivity index (χ4n) is 6.66. The zero-order chi connectivity index (χ0) is 35.0. The summed E-state index contributed by atoms with van der Waals surface area (Å²) in [5, 5.41) is 17.2. The lowest BCUT2D eigenvalue weighted by Crippen LogP contribution is -2.44. The first-order valence-electron chi connectivity index (χ1n) is 21.3. The van der Waals surface area contributed by atoms with Crippen molar-refractivity contribution in [2.75, 3.05) is 6.54 Å². The number of carbonyl (C=O) groups is 1. The van der Waals surface area contributed by atoms with Crippen LogP contribution in [0.2, 0.25) is 0 Å². The van der Waals surface area contributed by atoms with Crippen molar-refractivity contribution in [2.24, 2.45) is 5.11 Å². The second-order valence-corrected chi connectivity index (χ2v) is 14.7. The van der Waals surface area contributed by atoms with E-state index in [-0.39, 0.29) is 12.5 Å². The number of aliphatic hydroxyl groups excluding tert-OH is 1. The van der Waals surface area contributed by atoms with E-state index in [2.05, 4.69) is 29.2 Å². The van der Waals surface area contributed by atoms with Gasteiger partial charge in [-0.15, -0.1) is 0 Å². The molecule has 0 heterocycles. The Morgan fingerprint density at radius 3 is 1.27 bits per heavy atom. The number of unbranched alkanes of at least 4 members (excludes halogenated alkanes) is 31. The minimum Gasteiger partial charge on any atom is -0.387 e. The van der Waals surface area contributed by atoms with Crippen molar-refractivity contribution in [3.63, 3.8) is 0 Å². The van der Waals surface area contributed by atoms with E-state index in [0.717, 1.165) is 25.7 Å². The van der Waals surface area contributed by atoms with E-state index < -0.39 is 12.1 Å². The van der Waals surface area contributed by atoms with Gasteiger partial charge >= 0.3 is 0 Å². The Hall–Kier alpha value is -1.52. The van der Waals surface area contributed by atoms with E-state index in [9.17, 15) is 9.90 Å². The number of amides is 1.